The van der Waals surface area contributed by atoms with Crippen molar-refractivity contribution in [2.75, 3.05) is 11.9 Å². The SMILES string of the molecule is O=C(CCN1C(=O)[C@@H]2[C@H](C1=O)[C@@H]1C=C[C@H]2C1)Nc1ccccc1Cl. The number of halogens is 1. The van der Waals surface area contributed by atoms with E-state index < -0.39 is 0 Å². The van der Waals surface area contributed by atoms with Gasteiger partial charge in [0.05, 0.1) is 22.5 Å². The number of amides is 3. The second-order valence-corrected chi connectivity index (χ2v) is 7.01. The summed E-state index contributed by atoms with van der Waals surface area (Å²) in [6, 6.07) is 6.95. The molecule has 0 aromatic heterocycles. The Labute approximate surface area is 144 Å². The predicted molar refractivity (Wildman–Crippen MR) is 89.1 cm³/mol. The largest absolute Gasteiger partial charge is 0.325 e. The topological polar surface area (TPSA) is 66.5 Å². The number of hydrogen-bond acceptors (Lipinski definition) is 3. The molecule has 1 saturated carbocycles. The molecule has 1 saturated heterocycles. The molecular formula is C18H17ClN2O3. The molecule has 1 aromatic carbocycles. The van der Waals surface area contributed by atoms with E-state index in [1.54, 1.807) is 24.3 Å². The van der Waals surface area contributed by atoms with Crippen LogP contribution in [0.15, 0.2) is 36.4 Å². The number of carbonyl (C=O) groups is 3. The van der Waals surface area contributed by atoms with Crippen molar-refractivity contribution in [1.82, 2.24) is 4.90 Å². The lowest BCUT2D eigenvalue weighted by Gasteiger charge is -2.17. The fourth-order valence-corrected chi connectivity index (χ4v) is 4.36. The van der Waals surface area contributed by atoms with Crippen molar-refractivity contribution in [2.24, 2.45) is 23.7 Å². The molecule has 0 radical (unpaired) electrons. The van der Waals surface area contributed by atoms with Crippen LogP contribution in [0.5, 0.6) is 0 Å². The molecule has 2 aliphatic carbocycles. The van der Waals surface area contributed by atoms with Gasteiger partial charge in [0, 0.05) is 13.0 Å². The molecule has 6 heteroatoms. The Balaban J connectivity index is 1.38. The summed E-state index contributed by atoms with van der Waals surface area (Å²) in [5.74, 6) is -0.531. The molecule has 5 nitrogen and oxygen atoms in total. The van der Waals surface area contributed by atoms with Gasteiger partial charge in [-0.2, -0.15) is 0 Å². The molecule has 4 atom stereocenters. The number of nitrogens with one attached hydrogen (secondary N) is 1. The molecule has 2 bridgehead atoms. The molecule has 124 valence electrons. The van der Waals surface area contributed by atoms with E-state index in [0.717, 1.165) is 6.42 Å². The van der Waals surface area contributed by atoms with E-state index in [0.29, 0.717) is 10.7 Å². The fourth-order valence-electron chi connectivity index (χ4n) is 4.17. The number of anilines is 1. The first kappa shape index (κ1) is 15.4. The molecule has 0 spiro atoms. The minimum absolute atomic E-state index is 0.0743. The van der Waals surface area contributed by atoms with Gasteiger partial charge in [-0.1, -0.05) is 35.9 Å². The predicted octanol–water partition coefficient (Wildman–Crippen LogP) is 2.48. The highest BCUT2D eigenvalue weighted by Crippen LogP contribution is 2.52. The van der Waals surface area contributed by atoms with E-state index in [4.69, 9.17) is 11.6 Å². The number of fused-ring (bicyclic) bond motifs is 5. The highest BCUT2D eigenvalue weighted by molar-refractivity contribution is 6.33. The summed E-state index contributed by atoms with van der Waals surface area (Å²) in [6.07, 6.45) is 5.10. The Morgan fingerprint density at radius 2 is 1.75 bits per heavy atom. The summed E-state index contributed by atoms with van der Waals surface area (Å²) >= 11 is 6.01. The first-order valence-electron chi connectivity index (χ1n) is 8.14. The Morgan fingerprint density at radius 1 is 1.12 bits per heavy atom. The van der Waals surface area contributed by atoms with Crippen LogP contribution in [0.25, 0.3) is 0 Å². The normalized spacial score (nSPS) is 30.1. The van der Waals surface area contributed by atoms with Crippen molar-refractivity contribution in [1.29, 1.82) is 0 Å². The van der Waals surface area contributed by atoms with Crippen LogP contribution in [-0.4, -0.2) is 29.2 Å². The van der Waals surface area contributed by atoms with Crippen LogP contribution in [0.3, 0.4) is 0 Å². The van der Waals surface area contributed by atoms with Gasteiger partial charge >= 0.3 is 0 Å². The lowest BCUT2D eigenvalue weighted by molar-refractivity contribution is -0.140. The van der Waals surface area contributed by atoms with E-state index in [2.05, 4.69) is 17.5 Å². The Bertz CT molecular complexity index is 730. The average molecular weight is 345 g/mol. The first-order valence-corrected chi connectivity index (χ1v) is 8.52. The van der Waals surface area contributed by atoms with Gasteiger partial charge in [-0.05, 0) is 30.4 Å². The summed E-state index contributed by atoms with van der Waals surface area (Å²) in [6.45, 7) is 0.125. The molecule has 1 N–H and O–H groups in total. The van der Waals surface area contributed by atoms with Gasteiger partial charge in [-0.25, -0.2) is 0 Å². The lowest BCUT2D eigenvalue weighted by atomic mass is 9.85. The van der Waals surface area contributed by atoms with Crippen LogP contribution in [0.1, 0.15) is 12.8 Å². The van der Waals surface area contributed by atoms with E-state index in [1.165, 1.54) is 4.90 Å². The number of allylic oxidation sites excluding steroid dienone is 2. The number of imide groups is 1. The molecule has 24 heavy (non-hydrogen) atoms. The standard InChI is InChI=1S/C18H17ClN2O3/c19-12-3-1-2-4-13(12)20-14(22)7-8-21-17(23)15-10-5-6-11(9-10)16(15)18(21)24/h1-6,10-11,15-16H,7-9H2,(H,20,22)/t10-,11+,15-,16+. The zero-order chi connectivity index (χ0) is 16.8. The number of benzene rings is 1. The van der Waals surface area contributed by atoms with Crippen LogP contribution in [0.4, 0.5) is 5.69 Å². The maximum absolute atomic E-state index is 12.5. The van der Waals surface area contributed by atoms with Gasteiger partial charge in [0.25, 0.3) is 0 Å². The van der Waals surface area contributed by atoms with E-state index in [-0.39, 0.29) is 54.4 Å². The summed E-state index contributed by atoms with van der Waals surface area (Å²) in [5, 5.41) is 3.17. The maximum atomic E-state index is 12.5. The monoisotopic (exact) mass is 344 g/mol. The molecule has 3 aliphatic rings. The number of rotatable bonds is 4. The summed E-state index contributed by atoms with van der Waals surface area (Å²) in [4.78, 5) is 38.4. The third-order valence-corrected chi connectivity index (χ3v) is 5.60. The zero-order valence-electron chi connectivity index (χ0n) is 12.9. The van der Waals surface area contributed by atoms with Gasteiger partial charge in [-0.15, -0.1) is 0 Å². The molecule has 1 heterocycles. The van der Waals surface area contributed by atoms with Crippen molar-refractivity contribution in [3.63, 3.8) is 0 Å². The molecule has 3 amide bonds. The van der Waals surface area contributed by atoms with Crippen LogP contribution in [0, 0.1) is 23.7 Å². The van der Waals surface area contributed by atoms with Crippen molar-refractivity contribution < 1.29 is 14.4 Å². The molecule has 1 aliphatic heterocycles. The van der Waals surface area contributed by atoms with Crippen LogP contribution >= 0.6 is 11.6 Å². The summed E-state index contributed by atoms with van der Waals surface area (Å²) < 4.78 is 0. The van der Waals surface area contributed by atoms with E-state index in [9.17, 15) is 14.4 Å². The first-order chi connectivity index (χ1) is 11.6. The number of nitrogens with zero attached hydrogens (tertiary/aromatic N) is 1. The minimum Gasteiger partial charge on any atom is -0.325 e. The highest BCUT2D eigenvalue weighted by atomic mass is 35.5. The average Bonchev–Trinajstić information content (AvgIpc) is 3.23. The molecule has 0 unspecified atom stereocenters. The van der Waals surface area contributed by atoms with Crippen LogP contribution in [-0.2, 0) is 14.4 Å². The van der Waals surface area contributed by atoms with Gasteiger partial charge in [0.15, 0.2) is 0 Å². The molecule has 4 rings (SSSR count). The number of para-hydroxylation sites is 1. The van der Waals surface area contributed by atoms with Crippen LogP contribution in [0.2, 0.25) is 5.02 Å². The number of carbonyl (C=O) groups excluding carboxylic acids is 3. The van der Waals surface area contributed by atoms with Crippen molar-refractivity contribution in [3.05, 3.63) is 41.4 Å². The van der Waals surface area contributed by atoms with Crippen molar-refractivity contribution >= 4 is 35.0 Å². The van der Waals surface area contributed by atoms with Gasteiger partial charge < -0.3 is 5.32 Å². The van der Waals surface area contributed by atoms with Gasteiger partial charge in [0.2, 0.25) is 17.7 Å². The van der Waals surface area contributed by atoms with E-state index >= 15 is 0 Å². The Hall–Kier alpha value is -2.14. The molecule has 2 fully saturated rings. The second-order valence-electron chi connectivity index (χ2n) is 6.61. The van der Waals surface area contributed by atoms with E-state index in [1.807, 2.05) is 0 Å². The van der Waals surface area contributed by atoms with Crippen molar-refractivity contribution in [2.45, 2.75) is 12.8 Å². The number of likely N-dealkylation sites (tertiary alicyclic amines) is 1. The fraction of sp³-hybridized carbons (Fsp3) is 0.389. The second kappa shape index (κ2) is 5.74. The summed E-state index contributed by atoms with van der Waals surface area (Å²) in [5.41, 5.74) is 0.530. The van der Waals surface area contributed by atoms with Crippen molar-refractivity contribution in [3.8, 4) is 0 Å². The summed E-state index contributed by atoms with van der Waals surface area (Å²) in [7, 11) is 0. The quantitative estimate of drug-likeness (QED) is 0.674. The molecule has 1 aromatic rings. The third kappa shape index (κ3) is 2.35. The third-order valence-electron chi connectivity index (χ3n) is 5.27. The minimum atomic E-state index is -0.262. The van der Waals surface area contributed by atoms with Gasteiger partial charge in [-0.3, -0.25) is 19.3 Å². The van der Waals surface area contributed by atoms with Gasteiger partial charge in [0.1, 0.15) is 0 Å². The Morgan fingerprint density at radius 3 is 2.38 bits per heavy atom. The van der Waals surface area contributed by atoms with Crippen LogP contribution < -0.4 is 5.32 Å². The zero-order valence-corrected chi connectivity index (χ0v) is 13.7. The molecular weight excluding hydrogens is 328 g/mol. The maximum Gasteiger partial charge on any atom is 0.233 e. The Kier molecular flexibility index (Phi) is 3.68. The smallest absolute Gasteiger partial charge is 0.233 e. The lowest BCUT2D eigenvalue weighted by Crippen LogP contribution is -2.35. The highest BCUT2D eigenvalue weighted by Gasteiger charge is 2.58. The number of hydrogen-bond donors (Lipinski definition) is 1.